The fraction of sp³-hybridized carbons (Fsp3) is 0.118. The number of hydrogen-bond acceptors (Lipinski definition) is 1. The van der Waals surface area contributed by atoms with Crippen LogP contribution in [0.25, 0.3) is 17.2 Å². The Bertz CT molecular complexity index is 569. The third kappa shape index (κ3) is 2.87. The van der Waals surface area contributed by atoms with Crippen molar-refractivity contribution in [1.82, 2.24) is 0 Å². The van der Waals surface area contributed by atoms with Crippen molar-refractivity contribution >= 4 is 6.08 Å². The number of allylic oxidation sites excluding steroid dienone is 1. The Balaban J connectivity index is 2.23. The van der Waals surface area contributed by atoms with Gasteiger partial charge in [-0.2, -0.15) is 5.26 Å². The van der Waals surface area contributed by atoms with E-state index in [0.717, 1.165) is 12.0 Å². The van der Waals surface area contributed by atoms with Gasteiger partial charge >= 0.3 is 0 Å². The largest absolute Gasteiger partial charge is 0.193 e. The molecule has 0 N–H and O–H groups in total. The Morgan fingerprint density at radius 2 is 1.50 bits per heavy atom. The van der Waals surface area contributed by atoms with Gasteiger partial charge in [-0.3, -0.25) is 0 Å². The van der Waals surface area contributed by atoms with E-state index in [1.165, 1.54) is 22.8 Å². The molecule has 0 aromatic heterocycles. The molecule has 0 aliphatic rings. The van der Waals surface area contributed by atoms with Crippen LogP contribution < -0.4 is 0 Å². The van der Waals surface area contributed by atoms with E-state index in [1.54, 1.807) is 0 Å². The summed E-state index contributed by atoms with van der Waals surface area (Å²) < 4.78 is 0. The van der Waals surface area contributed by atoms with E-state index >= 15 is 0 Å². The van der Waals surface area contributed by atoms with E-state index in [0.29, 0.717) is 0 Å². The van der Waals surface area contributed by atoms with E-state index in [4.69, 9.17) is 5.26 Å². The SMILES string of the molecule is CCc1ccc(-c2ccc(/C=C/C#N)cc2)cc1. The summed E-state index contributed by atoms with van der Waals surface area (Å²) in [6.07, 6.45) is 4.37. The number of rotatable bonds is 3. The van der Waals surface area contributed by atoms with Crippen LogP contribution in [0.2, 0.25) is 0 Å². The first-order valence-corrected chi connectivity index (χ1v) is 6.09. The van der Waals surface area contributed by atoms with Gasteiger partial charge in [0, 0.05) is 6.08 Å². The highest BCUT2D eigenvalue weighted by Gasteiger charge is 1.97. The lowest BCUT2D eigenvalue weighted by Gasteiger charge is -2.03. The number of hydrogen-bond donors (Lipinski definition) is 0. The fourth-order valence-electron chi connectivity index (χ4n) is 1.85. The maximum atomic E-state index is 8.47. The third-order valence-corrected chi connectivity index (χ3v) is 2.96. The summed E-state index contributed by atoms with van der Waals surface area (Å²) in [5.74, 6) is 0. The highest BCUT2D eigenvalue weighted by atomic mass is 14.2. The number of benzene rings is 2. The van der Waals surface area contributed by atoms with Crippen LogP contribution in [0.5, 0.6) is 0 Å². The van der Waals surface area contributed by atoms with Crippen molar-refractivity contribution in [3.63, 3.8) is 0 Å². The molecular weight excluding hydrogens is 218 g/mol. The standard InChI is InChI=1S/C17H15N/c1-2-14-5-9-16(10-6-14)17-11-7-15(8-12-17)4-3-13-18/h3-12H,2H2,1H3/b4-3+. The molecule has 0 atom stereocenters. The summed E-state index contributed by atoms with van der Waals surface area (Å²) in [5.41, 5.74) is 4.83. The van der Waals surface area contributed by atoms with Gasteiger partial charge in [0.15, 0.2) is 0 Å². The summed E-state index contributed by atoms with van der Waals surface area (Å²) in [5, 5.41) is 8.47. The molecular formula is C17H15N. The second kappa shape index (κ2) is 5.84. The van der Waals surface area contributed by atoms with Crippen LogP contribution in [-0.2, 0) is 6.42 Å². The van der Waals surface area contributed by atoms with Crippen LogP contribution in [0, 0.1) is 11.3 Å². The highest BCUT2D eigenvalue weighted by Crippen LogP contribution is 2.20. The Kier molecular flexibility index (Phi) is 3.94. The smallest absolute Gasteiger partial charge is 0.0912 e. The minimum Gasteiger partial charge on any atom is -0.193 e. The molecule has 0 bridgehead atoms. The molecule has 2 rings (SSSR count). The third-order valence-electron chi connectivity index (χ3n) is 2.96. The van der Waals surface area contributed by atoms with Crippen molar-refractivity contribution in [3.05, 3.63) is 65.7 Å². The number of nitrogens with zero attached hydrogens (tertiary/aromatic N) is 1. The molecule has 0 fully saturated rings. The molecule has 0 heterocycles. The van der Waals surface area contributed by atoms with Gasteiger partial charge in [0.1, 0.15) is 0 Å². The minimum absolute atomic E-state index is 1.05. The summed E-state index contributed by atoms with van der Waals surface area (Å²) in [6.45, 7) is 2.16. The quantitative estimate of drug-likeness (QED) is 0.718. The van der Waals surface area contributed by atoms with Crippen molar-refractivity contribution < 1.29 is 0 Å². The molecule has 0 spiro atoms. The second-order valence-electron chi connectivity index (χ2n) is 4.13. The van der Waals surface area contributed by atoms with Crippen molar-refractivity contribution in [2.75, 3.05) is 0 Å². The summed E-state index contributed by atoms with van der Waals surface area (Å²) >= 11 is 0. The Morgan fingerprint density at radius 3 is 2.00 bits per heavy atom. The molecule has 0 aliphatic carbocycles. The van der Waals surface area contributed by atoms with Gasteiger partial charge < -0.3 is 0 Å². The molecule has 2 aromatic rings. The molecule has 18 heavy (non-hydrogen) atoms. The van der Waals surface area contributed by atoms with Gasteiger partial charge in [-0.25, -0.2) is 0 Å². The van der Waals surface area contributed by atoms with Crippen molar-refractivity contribution in [1.29, 1.82) is 5.26 Å². The number of nitriles is 1. The van der Waals surface area contributed by atoms with Crippen LogP contribution >= 0.6 is 0 Å². The van der Waals surface area contributed by atoms with Crippen LogP contribution in [-0.4, -0.2) is 0 Å². The number of aryl methyl sites for hydroxylation is 1. The Morgan fingerprint density at radius 1 is 0.944 bits per heavy atom. The average Bonchev–Trinajstić information content (AvgIpc) is 2.46. The minimum atomic E-state index is 1.05. The van der Waals surface area contributed by atoms with E-state index in [1.807, 2.05) is 24.3 Å². The molecule has 0 unspecified atom stereocenters. The maximum Gasteiger partial charge on any atom is 0.0912 e. The van der Waals surface area contributed by atoms with Crippen LogP contribution in [0.15, 0.2) is 54.6 Å². The lowest BCUT2D eigenvalue weighted by molar-refractivity contribution is 1.14. The predicted molar refractivity (Wildman–Crippen MR) is 75.9 cm³/mol. The maximum absolute atomic E-state index is 8.47. The molecule has 0 saturated heterocycles. The average molecular weight is 233 g/mol. The summed E-state index contributed by atoms with van der Waals surface area (Å²) in [6, 6.07) is 18.8. The van der Waals surface area contributed by atoms with Gasteiger partial charge in [-0.1, -0.05) is 55.5 Å². The van der Waals surface area contributed by atoms with Gasteiger partial charge in [-0.05, 0) is 34.8 Å². The first kappa shape index (κ1) is 12.1. The van der Waals surface area contributed by atoms with Gasteiger partial charge in [0.25, 0.3) is 0 Å². The highest BCUT2D eigenvalue weighted by molar-refractivity contribution is 5.66. The molecule has 1 nitrogen and oxygen atoms in total. The second-order valence-corrected chi connectivity index (χ2v) is 4.13. The zero-order valence-electron chi connectivity index (χ0n) is 10.4. The summed E-state index contributed by atoms with van der Waals surface area (Å²) in [4.78, 5) is 0. The van der Waals surface area contributed by atoms with Crippen molar-refractivity contribution in [2.24, 2.45) is 0 Å². The zero-order chi connectivity index (χ0) is 12.8. The molecule has 0 radical (unpaired) electrons. The lowest BCUT2D eigenvalue weighted by Crippen LogP contribution is -1.81. The molecule has 88 valence electrons. The van der Waals surface area contributed by atoms with Gasteiger partial charge in [-0.15, -0.1) is 0 Å². The van der Waals surface area contributed by atoms with Crippen LogP contribution in [0.1, 0.15) is 18.1 Å². The molecule has 1 heteroatoms. The Labute approximate surface area is 108 Å². The molecule has 2 aromatic carbocycles. The van der Waals surface area contributed by atoms with E-state index in [9.17, 15) is 0 Å². The predicted octanol–water partition coefficient (Wildman–Crippen LogP) is 4.45. The molecule has 0 saturated carbocycles. The molecule has 0 amide bonds. The van der Waals surface area contributed by atoms with Gasteiger partial charge in [0.05, 0.1) is 6.07 Å². The monoisotopic (exact) mass is 233 g/mol. The molecule has 0 aliphatic heterocycles. The Hall–Kier alpha value is -2.33. The summed E-state index contributed by atoms with van der Waals surface area (Å²) in [7, 11) is 0. The topological polar surface area (TPSA) is 23.8 Å². The normalized spacial score (nSPS) is 10.4. The van der Waals surface area contributed by atoms with Gasteiger partial charge in [0.2, 0.25) is 0 Å². The van der Waals surface area contributed by atoms with Crippen molar-refractivity contribution in [3.8, 4) is 17.2 Å². The van der Waals surface area contributed by atoms with E-state index < -0.39 is 0 Å². The van der Waals surface area contributed by atoms with Crippen LogP contribution in [0.3, 0.4) is 0 Å². The van der Waals surface area contributed by atoms with E-state index in [2.05, 4.69) is 43.3 Å². The zero-order valence-corrected chi connectivity index (χ0v) is 10.4. The van der Waals surface area contributed by atoms with Crippen molar-refractivity contribution in [2.45, 2.75) is 13.3 Å². The fourth-order valence-corrected chi connectivity index (χ4v) is 1.85. The van der Waals surface area contributed by atoms with Crippen LogP contribution in [0.4, 0.5) is 0 Å². The first-order valence-electron chi connectivity index (χ1n) is 6.09. The lowest BCUT2D eigenvalue weighted by atomic mass is 10.0. The first-order chi connectivity index (χ1) is 8.83. The van der Waals surface area contributed by atoms with E-state index in [-0.39, 0.29) is 0 Å².